The number of nitrogens with zero attached hydrogens (tertiary/aromatic N) is 3. The molecule has 3 aliphatic rings. The Kier molecular flexibility index (Phi) is 5.25. The van der Waals surface area contributed by atoms with E-state index < -0.39 is 5.54 Å². The van der Waals surface area contributed by atoms with Crippen molar-refractivity contribution in [1.29, 1.82) is 0 Å². The van der Waals surface area contributed by atoms with E-state index in [-0.39, 0.29) is 35.3 Å². The Bertz CT molecular complexity index is 860. The van der Waals surface area contributed by atoms with Gasteiger partial charge < -0.3 is 25.4 Å². The lowest BCUT2D eigenvalue weighted by Crippen LogP contribution is -2.63. The highest BCUT2D eigenvalue weighted by Gasteiger charge is 2.47. The molecule has 1 saturated carbocycles. The average molecular weight is 402 g/mol. The van der Waals surface area contributed by atoms with Crippen molar-refractivity contribution in [2.24, 2.45) is 11.7 Å². The number of pyridine rings is 1. The van der Waals surface area contributed by atoms with Gasteiger partial charge >= 0.3 is 0 Å². The highest BCUT2D eigenvalue weighted by Crippen LogP contribution is 2.42. The fraction of sp³-hybridized carbons (Fsp3) is 0.667. The Balaban J connectivity index is 1.59. The first-order valence-electron chi connectivity index (χ1n) is 10.5. The Morgan fingerprint density at radius 1 is 1.28 bits per heavy atom. The van der Waals surface area contributed by atoms with Gasteiger partial charge in [-0.05, 0) is 51.8 Å². The average Bonchev–Trinajstić information content (AvgIpc) is 2.65. The lowest BCUT2D eigenvalue weighted by Gasteiger charge is -2.49. The van der Waals surface area contributed by atoms with Crippen LogP contribution in [0.5, 0.6) is 0 Å². The maximum absolute atomic E-state index is 13.1. The molecule has 0 unspecified atom stereocenters. The predicted molar refractivity (Wildman–Crippen MR) is 110 cm³/mol. The number of aromatic nitrogens is 1. The first-order chi connectivity index (χ1) is 13.8. The maximum Gasteiger partial charge on any atom is 0.251 e. The van der Waals surface area contributed by atoms with Crippen molar-refractivity contribution in [3.63, 3.8) is 0 Å². The van der Waals surface area contributed by atoms with Gasteiger partial charge in [0.2, 0.25) is 11.8 Å². The molecule has 2 aliphatic heterocycles. The van der Waals surface area contributed by atoms with Gasteiger partial charge in [-0.25, -0.2) is 0 Å². The fourth-order valence-electron chi connectivity index (χ4n) is 5.12. The zero-order valence-corrected chi connectivity index (χ0v) is 17.3. The van der Waals surface area contributed by atoms with Crippen molar-refractivity contribution in [1.82, 2.24) is 19.7 Å². The summed E-state index contributed by atoms with van der Waals surface area (Å²) in [7, 11) is 3.69. The number of hydrogen-bond acceptors (Lipinski definition) is 5. The Labute approximate surface area is 171 Å². The highest BCUT2D eigenvalue weighted by atomic mass is 16.2. The van der Waals surface area contributed by atoms with Crippen LogP contribution in [0.2, 0.25) is 0 Å². The van der Waals surface area contributed by atoms with Crippen molar-refractivity contribution in [2.45, 2.75) is 43.2 Å². The monoisotopic (exact) mass is 401 g/mol. The summed E-state index contributed by atoms with van der Waals surface area (Å²) in [6, 6.07) is 5.18. The van der Waals surface area contributed by atoms with Gasteiger partial charge in [0.25, 0.3) is 5.56 Å². The summed E-state index contributed by atoms with van der Waals surface area (Å²) in [4.78, 5) is 41.7. The van der Waals surface area contributed by atoms with Crippen LogP contribution in [0.1, 0.15) is 43.3 Å². The molecule has 8 heteroatoms. The van der Waals surface area contributed by atoms with Gasteiger partial charge in [0.1, 0.15) is 0 Å². The Morgan fingerprint density at radius 3 is 2.69 bits per heavy atom. The van der Waals surface area contributed by atoms with E-state index in [1.807, 2.05) is 34.5 Å². The molecule has 0 radical (unpaired) electrons. The molecule has 1 aromatic rings. The van der Waals surface area contributed by atoms with E-state index in [4.69, 9.17) is 5.73 Å². The van der Waals surface area contributed by atoms with Gasteiger partial charge in [0.15, 0.2) is 0 Å². The van der Waals surface area contributed by atoms with Gasteiger partial charge in [-0.1, -0.05) is 6.07 Å². The van der Waals surface area contributed by atoms with Crippen LogP contribution >= 0.6 is 0 Å². The summed E-state index contributed by atoms with van der Waals surface area (Å²) in [5.74, 6) is 0.222. The third-order valence-electron chi connectivity index (χ3n) is 6.73. The van der Waals surface area contributed by atoms with Crippen LogP contribution in [0.4, 0.5) is 0 Å². The van der Waals surface area contributed by atoms with E-state index in [9.17, 15) is 14.4 Å². The molecular formula is C21H31N5O3. The molecule has 1 saturated heterocycles. The number of likely N-dealkylation sites (N-methyl/N-ethyl adjacent to an activating group) is 1. The smallest absolute Gasteiger partial charge is 0.251 e. The molecule has 2 bridgehead atoms. The lowest BCUT2D eigenvalue weighted by atomic mass is 9.74. The largest absolute Gasteiger partial charge is 0.353 e. The number of hydrogen-bond donors (Lipinski definition) is 2. The summed E-state index contributed by atoms with van der Waals surface area (Å²) >= 11 is 0. The van der Waals surface area contributed by atoms with Crippen LogP contribution in [0.3, 0.4) is 0 Å². The molecule has 8 nitrogen and oxygen atoms in total. The number of piperidine rings is 1. The van der Waals surface area contributed by atoms with Gasteiger partial charge in [0, 0.05) is 37.3 Å². The van der Waals surface area contributed by atoms with Gasteiger partial charge in [-0.15, -0.1) is 0 Å². The fourth-order valence-corrected chi connectivity index (χ4v) is 5.12. The Morgan fingerprint density at radius 2 is 2.03 bits per heavy atom. The van der Waals surface area contributed by atoms with Crippen LogP contribution in [0, 0.1) is 5.92 Å². The molecule has 158 valence electrons. The van der Waals surface area contributed by atoms with E-state index in [1.165, 1.54) is 0 Å². The second-order valence-electron chi connectivity index (χ2n) is 9.18. The molecule has 2 fully saturated rings. The number of carbonyl (C=O) groups excluding carboxylic acids is 2. The number of carbonyl (C=O) groups is 2. The summed E-state index contributed by atoms with van der Waals surface area (Å²) in [5, 5.41) is 2.98. The van der Waals surface area contributed by atoms with Crippen LogP contribution in [-0.2, 0) is 9.59 Å². The van der Waals surface area contributed by atoms with Crippen molar-refractivity contribution in [2.75, 3.05) is 40.3 Å². The van der Waals surface area contributed by atoms with Crippen LogP contribution in [0.15, 0.2) is 23.0 Å². The molecule has 29 heavy (non-hydrogen) atoms. The lowest BCUT2D eigenvalue weighted by molar-refractivity contribution is -0.143. The predicted octanol–water partition coefficient (Wildman–Crippen LogP) is -0.106. The summed E-state index contributed by atoms with van der Waals surface area (Å²) in [6.07, 6.45) is 3.41. The second-order valence-corrected chi connectivity index (χ2v) is 9.18. The molecule has 3 heterocycles. The molecule has 2 amide bonds. The number of likely N-dealkylation sites (tertiary alicyclic amines) is 1. The van der Waals surface area contributed by atoms with E-state index in [2.05, 4.69) is 5.32 Å². The minimum atomic E-state index is -0.711. The Hall–Kier alpha value is -2.19. The third-order valence-corrected chi connectivity index (χ3v) is 6.73. The van der Waals surface area contributed by atoms with Crippen LogP contribution < -0.4 is 16.6 Å². The van der Waals surface area contributed by atoms with E-state index in [0.29, 0.717) is 26.2 Å². The zero-order valence-electron chi connectivity index (χ0n) is 17.3. The minimum Gasteiger partial charge on any atom is -0.353 e. The van der Waals surface area contributed by atoms with Crippen molar-refractivity contribution in [3.05, 3.63) is 34.2 Å². The molecule has 3 N–H and O–H groups in total. The first kappa shape index (κ1) is 20.1. The summed E-state index contributed by atoms with van der Waals surface area (Å²) in [6.45, 7) is 1.88. The number of amides is 2. The SMILES string of the molecule is CN(C)CC(=O)NC[C@H]1[C@H]2C[C@H](CN(C(=O)C3(N)CCC3)C2)c2cccc(=O)n21. The summed E-state index contributed by atoms with van der Waals surface area (Å²) in [5.41, 5.74) is 6.52. The van der Waals surface area contributed by atoms with Crippen LogP contribution in [0.25, 0.3) is 0 Å². The first-order valence-corrected chi connectivity index (χ1v) is 10.5. The molecule has 0 aromatic carbocycles. The molecule has 3 atom stereocenters. The second kappa shape index (κ2) is 7.57. The van der Waals surface area contributed by atoms with Crippen molar-refractivity contribution in [3.8, 4) is 0 Å². The normalized spacial score (nSPS) is 27.2. The molecule has 1 aliphatic carbocycles. The highest BCUT2D eigenvalue weighted by molar-refractivity contribution is 5.87. The summed E-state index contributed by atoms with van der Waals surface area (Å²) < 4.78 is 1.85. The quantitative estimate of drug-likeness (QED) is 0.717. The number of rotatable bonds is 5. The van der Waals surface area contributed by atoms with Crippen molar-refractivity contribution >= 4 is 11.8 Å². The topological polar surface area (TPSA) is 101 Å². The molecular weight excluding hydrogens is 370 g/mol. The van der Waals surface area contributed by atoms with Gasteiger partial charge in [-0.2, -0.15) is 0 Å². The minimum absolute atomic E-state index is 0.0422. The zero-order chi connectivity index (χ0) is 20.8. The molecule has 1 aromatic heterocycles. The number of nitrogens with two attached hydrogens (primary N) is 1. The van der Waals surface area contributed by atoms with Gasteiger partial charge in [0.05, 0.1) is 18.1 Å². The number of fused-ring (bicyclic) bond motifs is 4. The van der Waals surface area contributed by atoms with E-state index in [1.54, 1.807) is 12.1 Å². The van der Waals surface area contributed by atoms with E-state index in [0.717, 1.165) is 31.4 Å². The van der Waals surface area contributed by atoms with Gasteiger partial charge in [-0.3, -0.25) is 14.4 Å². The van der Waals surface area contributed by atoms with Crippen LogP contribution in [-0.4, -0.2) is 72.0 Å². The molecule has 0 spiro atoms. The third kappa shape index (κ3) is 3.71. The maximum atomic E-state index is 13.1. The number of nitrogens with one attached hydrogen (secondary N) is 1. The van der Waals surface area contributed by atoms with Crippen molar-refractivity contribution < 1.29 is 9.59 Å². The van der Waals surface area contributed by atoms with E-state index >= 15 is 0 Å². The molecule has 4 rings (SSSR count). The standard InChI is InChI=1S/C21H31N5O3/c1-24(2)13-18(27)23-10-17-15-9-14(16-5-3-6-19(28)26(16)17)11-25(12-15)20(29)21(22)7-4-8-21/h3,5-6,14-15,17H,4,7-13,22H2,1-2H3,(H,23,27)/t14-,15+,17+/m1/s1.